The zero-order chi connectivity index (χ0) is 12.7. The highest BCUT2D eigenvalue weighted by molar-refractivity contribution is 7.98. The van der Waals surface area contributed by atoms with Gasteiger partial charge < -0.3 is 0 Å². The molecule has 1 aromatic heterocycles. The van der Waals surface area contributed by atoms with Crippen LogP contribution < -0.4 is 0 Å². The number of fused-ring (bicyclic) bond motifs is 1. The van der Waals surface area contributed by atoms with E-state index in [1.54, 1.807) is 17.8 Å². The molecule has 0 fully saturated rings. The molecule has 18 heavy (non-hydrogen) atoms. The normalized spacial score (nSPS) is 13.7. The molecule has 0 saturated heterocycles. The number of benzene rings is 1. The Kier molecular flexibility index (Phi) is 3.18. The molecular weight excluding hydrogens is 294 g/mol. The van der Waals surface area contributed by atoms with Gasteiger partial charge in [-0.15, -0.1) is 0 Å². The summed E-state index contributed by atoms with van der Waals surface area (Å²) in [6.07, 6.45) is 0. The van der Waals surface area contributed by atoms with Gasteiger partial charge in [-0.25, -0.2) is 14.4 Å². The lowest BCUT2D eigenvalue weighted by Gasteiger charge is -2.06. The number of thioether (sulfide) groups is 1. The molecule has 92 valence electrons. The van der Waals surface area contributed by atoms with Crippen molar-refractivity contribution in [2.75, 3.05) is 0 Å². The van der Waals surface area contributed by atoms with Gasteiger partial charge in [-0.3, -0.25) is 0 Å². The summed E-state index contributed by atoms with van der Waals surface area (Å²) >= 11 is 13.9. The van der Waals surface area contributed by atoms with Gasteiger partial charge in [0, 0.05) is 22.6 Å². The molecule has 1 aliphatic heterocycles. The van der Waals surface area contributed by atoms with Crippen molar-refractivity contribution in [3.05, 3.63) is 45.4 Å². The SMILES string of the molecule is Fc1ccc(-c2nc(Cl)c3c(n2)CSC3)c(Cl)c1. The predicted molar refractivity (Wildman–Crippen MR) is 72.4 cm³/mol. The number of aromatic nitrogens is 2. The summed E-state index contributed by atoms with van der Waals surface area (Å²) in [7, 11) is 0. The van der Waals surface area contributed by atoms with E-state index in [2.05, 4.69) is 9.97 Å². The zero-order valence-electron chi connectivity index (χ0n) is 9.08. The minimum absolute atomic E-state index is 0.289. The average Bonchev–Trinajstić information content (AvgIpc) is 2.77. The van der Waals surface area contributed by atoms with Gasteiger partial charge in [0.2, 0.25) is 0 Å². The lowest BCUT2D eigenvalue weighted by molar-refractivity contribution is 0.628. The molecule has 2 heterocycles. The first-order valence-corrected chi connectivity index (χ1v) is 7.14. The van der Waals surface area contributed by atoms with Crippen LogP contribution in [0, 0.1) is 5.82 Å². The average molecular weight is 301 g/mol. The second-order valence-electron chi connectivity index (χ2n) is 3.88. The van der Waals surface area contributed by atoms with Crippen LogP contribution in [0.5, 0.6) is 0 Å². The summed E-state index contributed by atoms with van der Waals surface area (Å²) in [4.78, 5) is 8.69. The lowest BCUT2D eigenvalue weighted by atomic mass is 10.2. The number of nitrogens with zero attached hydrogens (tertiary/aromatic N) is 2. The molecular formula is C12H7Cl2FN2S. The molecule has 0 bridgehead atoms. The summed E-state index contributed by atoms with van der Waals surface area (Å²) in [6, 6.07) is 4.15. The smallest absolute Gasteiger partial charge is 0.162 e. The molecule has 0 aliphatic carbocycles. The quantitative estimate of drug-likeness (QED) is 0.733. The Labute approximate surface area is 118 Å². The van der Waals surface area contributed by atoms with Gasteiger partial charge in [0.05, 0.1) is 10.7 Å². The fraction of sp³-hybridized carbons (Fsp3) is 0.167. The van der Waals surface area contributed by atoms with Gasteiger partial charge in [0.15, 0.2) is 5.82 Å². The summed E-state index contributed by atoms with van der Waals surface area (Å²) in [5.74, 6) is 1.73. The monoisotopic (exact) mass is 300 g/mol. The van der Waals surface area contributed by atoms with Crippen LogP contribution in [0.15, 0.2) is 18.2 Å². The van der Waals surface area contributed by atoms with Crippen molar-refractivity contribution in [1.29, 1.82) is 0 Å². The molecule has 1 aliphatic rings. The standard InChI is InChI=1S/C12H7Cl2FN2S/c13-9-3-6(15)1-2-7(9)12-16-10-5-18-4-8(10)11(14)17-12/h1-3H,4-5H2. The van der Waals surface area contributed by atoms with E-state index in [4.69, 9.17) is 23.2 Å². The minimum atomic E-state index is -0.383. The molecule has 1 aromatic carbocycles. The van der Waals surface area contributed by atoms with Crippen molar-refractivity contribution in [2.24, 2.45) is 0 Å². The van der Waals surface area contributed by atoms with Crippen molar-refractivity contribution in [1.82, 2.24) is 9.97 Å². The fourth-order valence-electron chi connectivity index (χ4n) is 1.80. The van der Waals surface area contributed by atoms with Gasteiger partial charge in [0.25, 0.3) is 0 Å². The van der Waals surface area contributed by atoms with Gasteiger partial charge >= 0.3 is 0 Å². The third-order valence-electron chi connectivity index (χ3n) is 2.70. The van der Waals surface area contributed by atoms with E-state index in [0.717, 1.165) is 22.8 Å². The summed E-state index contributed by atoms with van der Waals surface area (Å²) in [6.45, 7) is 0. The number of hydrogen-bond donors (Lipinski definition) is 0. The van der Waals surface area contributed by atoms with E-state index in [1.807, 2.05) is 0 Å². The highest BCUT2D eigenvalue weighted by Crippen LogP contribution is 2.35. The molecule has 0 N–H and O–H groups in total. The first kappa shape index (κ1) is 12.2. The molecule has 0 saturated carbocycles. The van der Waals surface area contributed by atoms with Crippen molar-refractivity contribution in [3.8, 4) is 11.4 Å². The second-order valence-corrected chi connectivity index (χ2v) is 5.63. The Morgan fingerprint density at radius 2 is 2.00 bits per heavy atom. The fourth-order valence-corrected chi connectivity index (χ4v) is 3.43. The molecule has 0 amide bonds. The van der Waals surface area contributed by atoms with Crippen LogP contribution in [0.4, 0.5) is 4.39 Å². The summed E-state index contributed by atoms with van der Waals surface area (Å²) < 4.78 is 13.0. The van der Waals surface area contributed by atoms with Crippen LogP contribution in [0.25, 0.3) is 11.4 Å². The maximum Gasteiger partial charge on any atom is 0.162 e. The molecule has 0 radical (unpaired) electrons. The topological polar surface area (TPSA) is 25.8 Å². The highest BCUT2D eigenvalue weighted by Gasteiger charge is 2.20. The highest BCUT2D eigenvalue weighted by atomic mass is 35.5. The van der Waals surface area contributed by atoms with Gasteiger partial charge in [-0.2, -0.15) is 11.8 Å². The van der Waals surface area contributed by atoms with Gasteiger partial charge in [-0.05, 0) is 18.2 Å². The predicted octanol–water partition coefficient (Wildman–Crippen LogP) is 4.34. The van der Waals surface area contributed by atoms with Crippen LogP contribution in [-0.4, -0.2) is 9.97 Å². The minimum Gasteiger partial charge on any atom is -0.232 e. The van der Waals surface area contributed by atoms with Crippen LogP contribution in [0.3, 0.4) is 0 Å². The van der Waals surface area contributed by atoms with Crippen molar-refractivity contribution in [2.45, 2.75) is 11.5 Å². The first-order valence-electron chi connectivity index (χ1n) is 5.23. The maximum atomic E-state index is 13.0. The van der Waals surface area contributed by atoms with E-state index in [-0.39, 0.29) is 10.8 Å². The Morgan fingerprint density at radius 1 is 1.17 bits per heavy atom. The zero-order valence-corrected chi connectivity index (χ0v) is 11.4. The molecule has 0 atom stereocenters. The lowest BCUT2D eigenvalue weighted by Crippen LogP contribution is -1.98. The Hall–Kier alpha value is -0.840. The van der Waals surface area contributed by atoms with Gasteiger partial charge in [-0.1, -0.05) is 23.2 Å². The second kappa shape index (κ2) is 4.68. The number of rotatable bonds is 1. The first-order chi connectivity index (χ1) is 8.65. The van der Waals surface area contributed by atoms with E-state index >= 15 is 0 Å². The maximum absolute atomic E-state index is 13.0. The molecule has 0 unspecified atom stereocenters. The van der Waals surface area contributed by atoms with Gasteiger partial charge in [0.1, 0.15) is 11.0 Å². The van der Waals surface area contributed by atoms with Crippen LogP contribution in [-0.2, 0) is 11.5 Å². The Morgan fingerprint density at radius 3 is 2.78 bits per heavy atom. The van der Waals surface area contributed by atoms with Crippen molar-refractivity contribution >= 4 is 35.0 Å². The number of hydrogen-bond acceptors (Lipinski definition) is 3. The van der Waals surface area contributed by atoms with Crippen molar-refractivity contribution < 1.29 is 4.39 Å². The van der Waals surface area contributed by atoms with Crippen LogP contribution >= 0.6 is 35.0 Å². The third-order valence-corrected chi connectivity index (χ3v) is 4.30. The molecule has 2 nitrogen and oxygen atoms in total. The largest absolute Gasteiger partial charge is 0.232 e. The molecule has 6 heteroatoms. The number of halogens is 3. The van der Waals surface area contributed by atoms with Crippen LogP contribution in [0.1, 0.15) is 11.3 Å². The summed E-state index contributed by atoms with van der Waals surface area (Å²) in [5.41, 5.74) is 2.53. The van der Waals surface area contributed by atoms with Crippen molar-refractivity contribution in [3.63, 3.8) is 0 Å². The Bertz CT molecular complexity index is 634. The van der Waals surface area contributed by atoms with Crippen LogP contribution in [0.2, 0.25) is 10.2 Å². The van der Waals surface area contributed by atoms with E-state index in [9.17, 15) is 4.39 Å². The Balaban J connectivity index is 2.15. The van der Waals surface area contributed by atoms with E-state index in [1.165, 1.54) is 12.1 Å². The molecule has 0 spiro atoms. The molecule has 2 aromatic rings. The molecule has 3 rings (SSSR count). The summed E-state index contributed by atoms with van der Waals surface area (Å²) in [5, 5.41) is 0.747. The van der Waals surface area contributed by atoms with E-state index in [0.29, 0.717) is 16.5 Å². The third kappa shape index (κ3) is 2.09. The van der Waals surface area contributed by atoms with E-state index < -0.39 is 0 Å².